The molecule has 0 aromatic heterocycles. The molecule has 17 heavy (non-hydrogen) atoms. The lowest BCUT2D eigenvalue weighted by Gasteiger charge is -2.43. The third kappa shape index (κ3) is 3.09. The van der Waals surface area contributed by atoms with Crippen LogP contribution in [-0.2, 0) is 10.2 Å². The van der Waals surface area contributed by atoms with Gasteiger partial charge < -0.3 is 10.1 Å². The first-order chi connectivity index (χ1) is 8.27. The van der Waals surface area contributed by atoms with Crippen molar-refractivity contribution in [2.75, 3.05) is 26.3 Å². The van der Waals surface area contributed by atoms with Gasteiger partial charge in [-0.1, -0.05) is 35.0 Å². The van der Waals surface area contributed by atoms with Crippen molar-refractivity contribution in [3.8, 4) is 0 Å². The van der Waals surface area contributed by atoms with Gasteiger partial charge in [0.1, 0.15) is 0 Å². The summed E-state index contributed by atoms with van der Waals surface area (Å²) in [5.41, 5.74) is 1.73. The first-order valence-corrected chi connectivity index (χ1v) is 7.11. The summed E-state index contributed by atoms with van der Waals surface area (Å²) in [4.78, 5) is 0. The van der Waals surface area contributed by atoms with E-state index in [0.29, 0.717) is 5.41 Å². The maximum Gasteiger partial charge on any atom is 0.0475 e. The van der Waals surface area contributed by atoms with Crippen LogP contribution in [0.2, 0.25) is 0 Å². The SMILES string of the molecule is CCCOCCC1(c2ccc(Br)cc2)CNC1. The molecule has 0 bridgehead atoms. The minimum Gasteiger partial charge on any atom is -0.381 e. The Labute approximate surface area is 112 Å². The second kappa shape index (κ2) is 5.98. The second-order valence-corrected chi connectivity index (χ2v) is 5.67. The molecule has 1 aliphatic rings. The molecule has 0 radical (unpaired) electrons. The van der Waals surface area contributed by atoms with E-state index < -0.39 is 0 Å². The number of benzene rings is 1. The van der Waals surface area contributed by atoms with Crippen molar-refractivity contribution < 1.29 is 4.74 Å². The quantitative estimate of drug-likeness (QED) is 0.815. The lowest BCUT2D eigenvalue weighted by atomic mass is 9.73. The number of hydrogen-bond donors (Lipinski definition) is 1. The van der Waals surface area contributed by atoms with Crippen LogP contribution in [0.3, 0.4) is 0 Å². The minimum atomic E-state index is 0.300. The molecule has 0 unspecified atom stereocenters. The number of rotatable bonds is 6. The van der Waals surface area contributed by atoms with Gasteiger partial charge in [0.05, 0.1) is 0 Å². The van der Waals surface area contributed by atoms with Crippen molar-refractivity contribution >= 4 is 15.9 Å². The van der Waals surface area contributed by atoms with Gasteiger partial charge in [-0.15, -0.1) is 0 Å². The van der Waals surface area contributed by atoms with E-state index >= 15 is 0 Å². The lowest BCUT2D eigenvalue weighted by molar-refractivity contribution is 0.0997. The Morgan fingerprint density at radius 3 is 2.47 bits per heavy atom. The molecule has 1 N–H and O–H groups in total. The fourth-order valence-electron chi connectivity index (χ4n) is 2.27. The summed E-state index contributed by atoms with van der Waals surface area (Å²) in [6.45, 7) is 6.04. The Balaban J connectivity index is 1.96. The van der Waals surface area contributed by atoms with Gasteiger partial charge in [-0.3, -0.25) is 0 Å². The van der Waals surface area contributed by atoms with Gasteiger partial charge in [-0.2, -0.15) is 0 Å². The molecule has 2 nitrogen and oxygen atoms in total. The topological polar surface area (TPSA) is 21.3 Å². The Bertz CT molecular complexity index is 346. The van der Waals surface area contributed by atoms with Crippen LogP contribution >= 0.6 is 15.9 Å². The monoisotopic (exact) mass is 297 g/mol. The smallest absolute Gasteiger partial charge is 0.0475 e. The molecule has 0 aliphatic carbocycles. The molecular weight excluding hydrogens is 278 g/mol. The van der Waals surface area contributed by atoms with E-state index in [1.165, 1.54) is 5.56 Å². The molecule has 1 aromatic rings. The average Bonchev–Trinajstić information content (AvgIpc) is 2.29. The first-order valence-electron chi connectivity index (χ1n) is 6.31. The van der Waals surface area contributed by atoms with Gasteiger partial charge in [0.25, 0.3) is 0 Å². The Hall–Kier alpha value is -0.380. The fourth-order valence-corrected chi connectivity index (χ4v) is 2.53. The van der Waals surface area contributed by atoms with Crippen LogP contribution in [0.4, 0.5) is 0 Å². The molecule has 1 fully saturated rings. The number of hydrogen-bond acceptors (Lipinski definition) is 2. The largest absolute Gasteiger partial charge is 0.381 e. The van der Waals surface area contributed by atoms with Crippen LogP contribution in [0, 0.1) is 0 Å². The summed E-state index contributed by atoms with van der Waals surface area (Å²) >= 11 is 3.48. The Morgan fingerprint density at radius 2 is 1.94 bits per heavy atom. The van der Waals surface area contributed by atoms with E-state index in [2.05, 4.69) is 52.4 Å². The standard InChI is InChI=1S/C14H20BrNO/c1-2-8-17-9-7-14(10-16-11-14)12-3-5-13(15)6-4-12/h3-6,16H,2,7-11H2,1H3. The molecule has 3 heteroatoms. The molecule has 0 atom stereocenters. The Kier molecular flexibility index (Phi) is 4.60. The molecule has 1 heterocycles. The van der Waals surface area contributed by atoms with Gasteiger partial charge in [-0.05, 0) is 30.5 Å². The summed E-state index contributed by atoms with van der Waals surface area (Å²) in [7, 11) is 0. The molecular formula is C14H20BrNO. The highest BCUT2D eigenvalue weighted by molar-refractivity contribution is 9.10. The molecule has 0 amide bonds. The van der Waals surface area contributed by atoms with Crippen molar-refractivity contribution in [3.05, 3.63) is 34.3 Å². The van der Waals surface area contributed by atoms with Crippen LogP contribution in [0.15, 0.2) is 28.7 Å². The summed E-state index contributed by atoms with van der Waals surface area (Å²) in [6.07, 6.45) is 2.21. The van der Waals surface area contributed by atoms with E-state index in [0.717, 1.165) is 43.6 Å². The molecule has 2 rings (SSSR count). The normalized spacial score (nSPS) is 17.8. The molecule has 0 saturated carbocycles. The highest BCUT2D eigenvalue weighted by atomic mass is 79.9. The second-order valence-electron chi connectivity index (χ2n) is 4.75. The zero-order valence-electron chi connectivity index (χ0n) is 10.3. The summed E-state index contributed by atoms with van der Waals surface area (Å²) in [6, 6.07) is 8.71. The van der Waals surface area contributed by atoms with Crippen molar-refractivity contribution in [1.29, 1.82) is 0 Å². The van der Waals surface area contributed by atoms with Gasteiger partial charge >= 0.3 is 0 Å². The fraction of sp³-hybridized carbons (Fsp3) is 0.571. The summed E-state index contributed by atoms with van der Waals surface area (Å²) in [5, 5.41) is 3.39. The predicted octanol–water partition coefficient (Wildman–Crippen LogP) is 3.11. The van der Waals surface area contributed by atoms with Crippen molar-refractivity contribution in [2.24, 2.45) is 0 Å². The van der Waals surface area contributed by atoms with Crippen LogP contribution in [0.25, 0.3) is 0 Å². The van der Waals surface area contributed by atoms with Gasteiger partial charge in [0.15, 0.2) is 0 Å². The maximum atomic E-state index is 5.62. The number of ether oxygens (including phenoxy) is 1. The zero-order chi connectivity index (χ0) is 12.1. The lowest BCUT2D eigenvalue weighted by Crippen LogP contribution is -2.57. The molecule has 1 aromatic carbocycles. The highest BCUT2D eigenvalue weighted by Crippen LogP contribution is 2.32. The minimum absolute atomic E-state index is 0.300. The average molecular weight is 298 g/mol. The first kappa shape index (κ1) is 13.1. The van der Waals surface area contributed by atoms with Crippen LogP contribution < -0.4 is 5.32 Å². The number of halogens is 1. The summed E-state index contributed by atoms with van der Waals surface area (Å²) < 4.78 is 6.77. The Morgan fingerprint density at radius 1 is 1.24 bits per heavy atom. The predicted molar refractivity (Wildman–Crippen MR) is 74.4 cm³/mol. The van der Waals surface area contributed by atoms with E-state index in [1.54, 1.807) is 0 Å². The van der Waals surface area contributed by atoms with Crippen LogP contribution in [-0.4, -0.2) is 26.3 Å². The molecule has 1 aliphatic heterocycles. The van der Waals surface area contributed by atoms with E-state index in [4.69, 9.17) is 4.74 Å². The third-order valence-electron chi connectivity index (χ3n) is 3.46. The number of nitrogens with one attached hydrogen (secondary N) is 1. The van der Waals surface area contributed by atoms with E-state index in [-0.39, 0.29) is 0 Å². The van der Waals surface area contributed by atoms with Gasteiger partial charge in [0, 0.05) is 36.2 Å². The van der Waals surface area contributed by atoms with Crippen LogP contribution in [0.5, 0.6) is 0 Å². The van der Waals surface area contributed by atoms with Crippen molar-refractivity contribution in [1.82, 2.24) is 5.32 Å². The van der Waals surface area contributed by atoms with Crippen molar-refractivity contribution in [3.63, 3.8) is 0 Å². The van der Waals surface area contributed by atoms with E-state index in [9.17, 15) is 0 Å². The van der Waals surface area contributed by atoms with Crippen molar-refractivity contribution in [2.45, 2.75) is 25.2 Å². The van der Waals surface area contributed by atoms with E-state index in [1.807, 2.05) is 0 Å². The molecule has 0 spiro atoms. The third-order valence-corrected chi connectivity index (χ3v) is 3.99. The molecule has 1 saturated heterocycles. The van der Waals surface area contributed by atoms with Crippen LogP contribution in [0.1, 0.15) is 25.3 Å². The highest BCUT2D eigenvalue weighted by Gasteiger charge is 2.38. The van der Waals surface area contributed by atoms with Gasteiger partial charge in [-0.25, -0.2) is 0 Å². The zero-order valence-corrected chi connectivity index (χ0v) is 11.9. The van der Waals surface area contributed by atoms with Gasteiger partial charge in [0.2, 0.25) is 0 Å². The maximum absolute atomic E-state index is 5.62. The molecule has 94 valence electrons. The summed E-state index contributed by atoms with van der Waals surface area (Å²) in [5.74, 6) is 0.